The Morgan fingerprint density at radius 1 is 1.14 bits per heavy atom. The van der Waals surface area contributed by atoms with Crippen molar-refractivity contribution in [3.63, 3.8) is 0 Å². The van der Waals surface area contributed by atoms with Gasteiger partial charge in [-0.05, 0) is 51.7 Å². The molecule has 1 unspecified atom stereocenters. The average molecular weight is 409 g/mol. The summed E-state index contributed by atoms with van der Waals surface area (Å²) in [5.41, 5.74) is 0.857. The molecule has 0 saturated carbocycles. The summed E-state index contributed by atoms with van der Waals surface area (Å²) in [7, 11) is -3.63. The Hall–Kier alpha value is -2.41. The lowest BCUT2D eigenvalue weighted by molar-refractivity contribution is -0.142. The van der Waals surface area contributed by atoms with E-state index >= 15 is 0 Å². The van der Waals surface area contributed by atoms with E-state index in [4.69, 9.17) is 9.47 Å². The molecule has 0 saturated heterocycles. The predicted octanol–water partition coefficient (Wildman–Crippen LogP) is 3.55. The number of unbranched alkanes of at least 4 members (excludes halogenated alkanes) is 2. The van der Waals surface area contributed by atoms with Gasteiger partial charge in [0.2, 0.25) is 0 Å². The van der Waals surface area contributed by atoms with Crippen LogP contribution in [0.5, 0.6) is 0 Å². The minimum Gasteiger partial charge on any atom is -0.462 e. The molecule has 154 valence electrons. The van der Waals surface area contributed by atoms with Gasteiger partial charge in [0, 0.05) is 11.6 Å². The van der Waals surface area contributed by atoms with Gasteiger partial charge >= 0.3 is 11.9 Å². The van der Waals surface area contributed by atoms with Crippen LogP contribution in [0.4, 0.5) is 0 Å². The second kappa shape index (κ2) is 11.4. The van der Waals surface area contributed by atoms with Crippen LogP contribution in [-0.2, 0) is 28.9 Å². The Morgan fingerprint density at radius 3 is 2.39 bits per heavy atom. The Balaban J connectivity index is 2.30. The van der Waals surface area contributed by atoms with E-state index in [0.717, 1.165) is 24.5 Å². The largest absolute Gasteiger partial charge is 0.462 e. The highest BCUT2D eigenvalue weighted by Crippen LogP contribution is 2.15. The van der Waals surface area contributed by atoms with E-state index < -0.39 is 27.5 Å². The molecule has 0 bridgehead atoms. The normalized spacial score (nSPS) is 12.1. The quantitative estimate of drug-likeness (QED) is 0.299. The van der Waals surface area contributed by atoms with Crippen LogP contribution in [-0.4, -0.2) is 38.8 Å². The fourth-order valence-electron chi connectivity index (χ4n) is 2.40. The molecule has 1 aromatic rings. The number of hydrogen-bond acceptors (Lipinski definition) is 6. The van der Waals surface area contributed by atoms with Crippen molar-refractivity contribution in [1.29, 1.82) is 0 Å². The number of sulfone groups is 1. The molecular formula is C21H28O6S. The van der Waals surface area contributed by atoms with E-state index in [9.17, 15) is 18.0 Å². The van der Waals surface area contributed by atoms with Crippen molar-refractivity contribution >= 4 is 21.8 Å². The predicted molar refractivity (Wildman–Crippen MR) is 108 cm³/mol. The summed E-state index contributed by atoms with van der Waals surface area (Å²) in [6.45, 7) is 10.7. The van der Waals surface area contributed by atoms with Crippen molar-refractivity contribution in [2.45, 2.75) is 50.5 Å². The van der Waals surface area contributed by atoms with Crippen molar-refractivity contribution in [3.8, 4) is 0 Å². The SMILES string of the molecule is C=CC(=O)OC(C)CCCCCOC(=O)C(=C)CS(=O)(=O)c1ccc(C)cc1. The van der Waals surface area contributed by atoms with Crippen LogP contribution in [0.1, 0.15) is 38.2 Å². The zero-order valence-electron chi connectivity index (χ0n) is 16.5. The number of ether oxygens (including phenoxy) is 2. The van der Waals surface area contributed by atoms with E-state index in [1.807, 2.05) is 6.92 Å². The van der Waals surface area contributed by atoms with Gasteiger partial charge in [-0.15, -0.1) is 0 Å². The lowest BCUT2D eigenvalue weighted by Crippen LogP contribution is -2.17. The fraction of sp³-hybridized carbons (Fsp3) is 0.429. The highest BCUT2D eigenvalue weighted by atomic mass is 32.2. The summed E-state index contributed by atoms with van der Waals surface area (Å²) >= 11 is 0. The number of carbonyl (C=O) groups excluding carboxylic acids is 2. The Bertz CT molecular complexity index is 793. The summed E-state index contributed by atoms with van der Waals surface area (Å²) in [6.07, 6.45) is 3.87. The second-order valence-electron chi connectivity index (χ2n) is 6.61. The van der Waals surface area contributed by atoms with Crippen molar-refractivity contribution in [2.24, 2.45) is 0 Å². The Morgan fingerprint density at radius 2 is 1.79 bits per heavy atom. The van der Waals surface area contributed by atoms with Crippen LogP contribution in [0, 0.1) is 6.92 Å². The summed E-state index contributed by atoms with van der Waals surface area (Å²) < 4.78 is 34.8. The molecular weight excluding hydrogens is 380 g/mol. The zero-order valence-corrected chi connectivity index (χ0v) is 17.3. The lowest BCUT2D eigenvalue weighted by Gasteiger charge is -2.11. The van der Waals surface area contributed by atoms with E-state index in [0.29, 0.717) is 12.8 Å². The topological polar surface area (TPSA) is 86.7 Å². The fourth-order valence-corrected chi connectivity index (χ4v) is 3.69. The Kier molecular flexibility index (Phi) is 9.65. The van der Waals surface area contributed by atoms with E-state index in [1.54, 1.807) is 19.1 Å². The number of hydrogen-bond donors (Lipinski definition) is 0. The second-order valence-corrected chi connectivity index (χ2v) is 8.60. The average Bonchev–Trinajstić information content (AvgIpc) is 2.64. The van der Waals surface area contributed by atoms with E-state index in [1.165, 1.54) is 12.1 Å². The first kappa shape index (κ1) is 23.6. The third-order valence-corrected chi connectivity index (χ3v) is 5.72. The summed E-state index contributed by atoms with van der Waals surface area (Å²) in [4.78, 5) is 23.2. The van der Waals surface area contributed by atoms with Crippen molar-refractivity contribution in [1.82, 2.24) is 0 Å². The molecule has 6 nitrogen and oxygen atoms in total. The van der Waals surface area contributed by atoms with Crippen molar-refractivity contribution < 1.29 is 27.5 Å². The molecule has 0 aliphatic heterocycles. The number of rotatable bonds is 12. The summed E-state index contributed by atoms with van der Waals surface area (Å²) in [5, 5.41) is 0. The molecule has 7 heteroatoms. The van der Waals surface area contributed by atoms with Crippen LogP contribution < -0.4 is 0 Å². The third kappa shape index (κ3) is 8.52. The molecule has 28 heavy (non-hydrogen) atoms. The Labute approximate surface area is 167 Å². The molecule has 0 fully saturated rings. The van der Waals surface area contributed by atoms with Crippen LogP contribution in [0.3, 0.4) is 0 Å². The van der Waals surface area contributed by atoms with Gasteiger partial charge in [0.1, 0.15) is 0 Å². The van der Waals surface area contributed by atoms with E-state index in [-0.39, 0.29) is 23.2 Å². The maximum atomic E-state index is 12.3. The number of carbonyl (C=O) groups is 2. The first-order valence-corrected chi connectivity index (χ1v) is 10.8. The van der Waals surface area contributed by atoms with E-state index in [2.05, 4.69) is 13.2 Å². The highest BCUT2D eigenvalue weighted by Gasteiger charge is 2.20. The first-order valence-electron chi connectivity index (χ1n) is 9.13. The van der Waals surface area contributed by atoms with Gasteiger partial charge in [-0.2, -0.15) is 0 Å². The van der Waals surface area contributed by atoms with Crippen LogP contribution >= 0.6 is 0 Å². The standard InChI is InChI=1S/C21H28O6S/c1-5-20(22)27-18(4)9-7-6-8-14-26-21(23)17(3)15-28(24,25)19-12-10-16(2)11-13-19/h5,10-13,18H,1,3,6-9,14-15H2,2,4H3. The molecule has 1 atom stereocenters. The molecule has 0 amide bonds. The molecule has 0 N–H and O–H groups in total. The van der Waals surface area contributed by atoms with Crippen molar-refractivity contribution in [2.75, 3.05) is 12.4 Å². The van der Waals surface area contributed by atoms with Gasteiger partial charge in [0.05, 0.1) is 23.4 Å². The molecule has 0 heterocycles. The van der Waals surface area contributed by atoms with Gasteiger partial charge in [-0.3, -0.25) is 0 Å². The van der Waals surface area contributed by atoms with Gasteiger partial charge < -0.3 is 9.47 Å². The van der Waals surface area contributed by atoms with Gasteiger partial charge in [0.15, 0.2) is 9.84 Å². The number of esters is 2. The van der Waals surface area contributed by atoms with Crippen LogP contribution in [0.15, 0.2) is 54.0 Å². The monoisotopic (exact) mass is 408 g/mol. The first-order chi connectivity index (χ1) is 13.2. The van der Waals surface area contributed by atoms with Crippen molar-refractivity contribution in [3.05, 3.63) is 54.6 Å². The maximum absolute atomic E-state index is 12.3. The minimum absolute atomic E-state index is 0.0921. The highest BCUT2D eigenvalue weighted by molar-refractivity contribution is 7.91. The molecule has 0 aliphatic rings. The maximum Gasteiger partial charge on any atom is 0.334 e. The van der Waals surface area contributed by atoms with Gasteiger partial charge in [-0.1, -0.05) is 30.9 Å². The molecule has 1 rings (SSSR count). The minimum atomic E-state index is -3.63. The third-order valence-electron chi connectivity index (χ3n) is 4.01. The lowest BCUT2D eigenvalue weighted by atomic mass is 10.1. The number of benzene rings is 1. The molecule has 0 aromatic heterocycles. The molecule has 0 aliphatic carbocycles. The zero-order chi connectivity index (χ0) is 21.2. The van der Waals surface area contributed by atoms with Crippen LogP contribution in [0.25, 0.3) is 0 Å². The molecule has 0 radical (unpaired) electrons. The summed E-state index contributed by atoms with van der Waals surface area (Å²) in [6, 6.07) is 6.42. The smallest absolute Gasteiger partial charge is 0.334 e. The molecule has 0 spiro atoms. The molecule has 1 aromatic carbocycles. The van der Waals surface area contributed by atoms with Crippen LogP contribution in [0.2, 0.25) is 0 Å². The number of aryl methyl sites for hydroxylation is 1. The summed E-state index contributed by atoms with van der Waals surface area (Å²) in [5.74, 6) is -1.62. The van der Waals surface area contributed by atoms with Gasteiger partial charge in [-0.25, -0.2) is 18.0 Å². The van der Waals surface area contributed by atoms with Gasteiger partial charge in [0.25, 0.3) is 0 Å².